The number of allylic oxidation sites excluding steroid dienone is 1. The number of methoxy groups -OCH3 is 1. The second-order valence-corrected chi connectivity index (χ2v) is 5.17. The SMILES string of the molecule is CCOC(=O)N1C(=O)NC(C)=C(C#N)C1c1cccc(C(=O)OC)c1. The second-order valence-electron chi connectivity index (χ2n) is 5.17. The Labute approximate surface area is 144 Å². The molecule has 0 spiro atoms. The van der Waals surface area contributed by atoms with Crippen molar-refractivity contribution >= 4 is 18.1 Å². The van der Waals surface area contributed by atoms with Crippen molar-refractivity contribution in [1.82, 2.24) is 10.2 Å². The molecule has 1 unspecified atom stereocenters. The van der Waals surface area contributed by atoms with E-state index in [1.54, 1.807) is 26.0 Å². The molecule has 0 radical (unpaired) electrons. The lowest BCUT2D eigenvalue weighted by atomic mass is 9.94. The van der Waals surface area contributed by atoms with E-state index in [1.807, 2.05) is 6.07 Å². The van der Waals surface area contributed by atoms with Gasteiger partial charge in [0.15, 0.2) is 0 Å². The number of ether oxygens (including phenoxy) is 2. The molecule has 1 aromatic rings. The van der Waals surface area contributed by atoms with Gasteiger partial charge in [0.25, 0.3) is 0 Å². The number of hydrogen-bond donors (Lipinski definition) is 1. The Morgan fingerprint density at radius 1 is 1.40 bits per heavy atom. The molecule has 1 aliphatic rings. The van der Waals surface area contributed by atoms with Crippen LogP contribution in [-0.4, -0.2) is 36.7 Å². The molecule has 1 atom stereocenters. The first-order valence-electron chi connectivity index (χ1n) is 7.50. The maximum absolute atomic E-state index is 12.3. The summed E-state index contributed by atoms with van der Waals surface area (Å²) in [6.45, 7) is 3.25. The predicted octanol–water partition coefficient (Wildman–Crippen LogP) is 2.49. The number of nitrogens with zero attached hydrogens (tertiary/aromatic N) is 2. The molecule has 0 saturated carbocycles. The van der Waals surface area contributed by atoms with Crippen LogP contribution in [0.2, 0.25) is 0 Å². The summed E-state index contributed by atoms with van der Waals surface area (Å²) < 4.78 is 9.62. The second kappa shape index (κ2) is 7.49. The number of urea groups is 1. The summed E-state index contributed by atoms with van der Waals surface area (Å²) in [6, 6.07) is 6.53. The van der Waals surface area contributed by atoms with Gasteiger partial charge in [0.2, 0.25) is 0 Å². The maximum Gasteiger partial charge on any atom is 0.418 e. The van der Waals surface area contributed by atoms with Crippen LogP contribution in [0.1, 0.15) is 35.8 Å². The lowest BCUT2D eigenvalue weighted by Gasteiger charge is -2.34. The Morgan fingerprint density at radius 3 is 2.72 bits per heavy atom. The number of imide groups is 1. The van der Waals surface area contributed by atoms with Gasteiger partial charge in [0.1, 0.15) is 6.04 Å². The standard InChI is InChI=1S/C17H17N3O5/c1-4-25-17(23)20-14(13(9-18)10(2)19-16(20)22)11-6-5-7-12(8-11)15(21)24-3/h5-8,14H,4H2,1-3H3,(H,19,22). The van der Waals surface area contributed by atoms with E-state index >= 15 is 0 Å². The van der Waals surface area contributed by atoms with Gasteiger partial charge in [-0.15, -0.1) is 0 Å². The molecule has 1 aliphatic heterocycles. The van der Waals surface area contributed by atoms with Crippen molar-refractivity contribution in [1.29, 1.82) is 5.26 Å². The summed E-state index contributed by atoms with van der Waals surface area (Å²) in [4.78, 5) is 37.2. The molecule has 1 N–H and O–H groups in total. The molecule has 0 fully saturated rings. The monoisotopic (exact) mass is 343 g/mol. The molecule has 8 nitrogen and oxygen atoms in total. The van der Waals surface area contributed by atoms with Gasteiger partial charge in [-0.2, -0.15) is 5.26 Å². The fourth-order valence-electron chi connectivity index (χ4n) is 2.54. The maximum atomic E-state index is 12.3. The van der Waals surface area contributed by atoms with E-state index in [4.69, 9.17) is 4.74 Å². The van der Waals surface area contributed by atoms with Crippen LogP contribution in [0.15, 0.2) is 35.5 Å². The third-order valence-corrected chi connectivity index (χ3v) is 3.66. The van der Waals surface area contributed by atoms with Gasteiger partial charge >= 0.3 is 18.1 Å². The lowest BCUT2D eigenvalue weighted by Crippen LogP contribution is -2.50. The summed E-state index contributed by atoms with van der Waals surface area (Å²) in [6.07, 6.45) is -0.881. The summed E-state index contributed by atoms with van der Waals surface area (Å²) in [5, 5.41) is 12.0. The van der Waals surface area contributed by atoms with E-state index in [1.165, 1.54) is 19.2 Å². The lowest BCUT2D eigenvalue weighted by molar-refractivity contribution is 0.0600. The van der Waals surface area contributed by atoms with Gasteiger partial charge in [0.05, 0.1) is 30.9 Å². The molecule has 25 heavy (non-hydrogen) atoms. The van der Waals surface area contributed by atoms with Gasteiger partial charge in [-0.3, -0.25) is 0 Å². The number of carbonyl (C=O) groups is 3. The average molecular weight is 343 g/mol. The van der Waals surface area contributed by atoms with Crippen molar-refractivity contribution in [3.8, 4) is 6.07 Å². The first-order valence-corrected chi connectivity index (χ1v) is 7.50. The van der Waals surface area contributed by atoms with Crippen molar-refractivity contribution in [2.24, 2.45) is 0 Å². The molecule has 8 heteroatoms. The Morgan fingerprint density at radius 2 is 2.12 bits per heavy atom. The van der Waals surface area contributed by atoms with E-state index in [0.29, 0.717) is 11.3 Å². The minimum Gasteiger partial charge on any atom is -0.465 e. The molecule has 0 aliphatic carbocycles. The largest absolute Gasteiger partial charge is 0.465 e. The number of rotatable bonds is 3. The average Bonchev–Trinajstić information content (AvgIpc) is 2.60. The fourth-order valence-corrected chi connectivity index (χ4v) is 2.54. The first-order chi connectivity index (χ1) is 11.9. The number of esters is 1. The van der Waals surface area contributed by atoms with Crippen LogP contribution in [0.4, 0.5) is 9.59 Å². The third kappa shape index (κ3) is 3.45. The number of nitriles is 1. The van der Waals surface area contributed by atoms with Crippen molar-refractivity contribution in [3.63, 3.8) is 0 Å². The Kier molecular flexibility index (Phi) is 5.39. The first kappa shape index (κ1) is 18.0. The van der Waals surface area contributed by atoms with Gasteiger partial charge in [-0.05, 0) is 31.5 Å². The number of carbonyl (C=O) groups excluding carboxylic acids is 3. The van der Waals surface area contributed by atoms with Crippen molar-refractivity contribution < 1.29 is 23.9 Å². The molecule has 0 bridgehead atoms. The zero-order valence-corrected chi connectivity index (χ0v) is 14.0. The van der Waals surface area contributed by atoms with Crippen LogP contribution in [-0.2, 0) is 9.47 Å². The predicted molar refractivity (Wildman–Crippen MR) is 86.2 cm³/mol. The molecular weight excluding hydrogens is 326 g/mol. The van der Waals surface area contributed by atoms with E-state index in [0.717, 1.165) is 4.90 Å². The number of hydrogen-bond acceptors (Lipinski definition) is 6. The van der Waals surface area contributed by atoms with Crippen LogP contribution in [0.5, 0.6) is 0 Å². The van der Waals surface area contributed by atoms with Crippen molar-refractivity contribution in [2.45, 2.75) is 19.9 Å². The zero-order valence-electron chi connectivity index (χ0n) is 14.0. The number of benzene rings is 1. The molecule has 130 valence electrons. The minimum absolute atomic E-state index is 0.0715. The van der Waals surface area contributed by atoms with Gasteiger partial charge in [-0.1, -0.05) is 12.1 Å². The highest BCUT2D eigenvalue weighted by Crippen LogP contribution is 2.34. The summed E-state index contributed by atoms with van der Waals surface area (Å²) in [5.41, 5.74) is 1.17. The number of amides is 3. The van der Waals surface area contributed by atoms with Crippen molar-refractivity contribution in [2.75, 3.05) is 13.7 Å². The fraction of sp³-hybridized carbons (Fsp3) is 0.294. The van der Waals surface area contributed by atoms with Crippen LogP contribution >= 0.6 is 0 Å². The summed E-state index contributed by atoms with van der Waals surface area (Å²) in [7, 11) is 1.25. The molecule has 1 heterocycles. The van der Waals surface area contributed by atoms with Crippen LogP contribution in [0, 0.1) is 11.3 Å². The molecule has 0 aromatic heterocycles. The summed E-state index contributed by atoms with van der Waals surface area (Å²) in [5.74, 6) is -0.566. The highest BCUT2D eigenvalue weighted by atomic mass is 16.6. The molecule has 2 rings (SSSR count). The smallest absolute Gasteiger partial charge is 0.418 e. The van der Waals surface area contributed by atoms with E-state index < -0.39 is 24.1 Å². The van der Waals surface area contributed by atoms with Gasteiger partial charge < -0.3 is 14.8 Å². The highest BCUT2D eigenvalue weighted by molar-refractivity contribution is 5.94. The van der Waals surface area contributed by atoms with Gasteiger partial charge in [0, 0.05) is 5.70 Å². The number of nitrogens with one attached hydrogen (secondary N) is 1. The van der Waals surface area contributed by atoms with E-state index in [2.05, 4.69) is 10.1 Å². The zero-order chi connectivity index (χ0) is 18.6. The Bertz CT molecular complexity index is 794. The molecule has 3 amide bonds. The van der Waals surface area contributed by atoms with Crippen LogP contribution in [0.3, 0.4) is 0 Å². The third-order valence-electron chi connectivity index (χ3n) is 3.66. The normalized spacial score (nSPS) is 16.8. The van der Waals surface area contributed by atoms with E-state index in [-0.39, 0.29) is 17.7 Å². The quantitative estimate of drug-likeness (QED) is 0.845. The van der Waals surface area contributed by atoms with Crippen molar-refractivity contribution in [3.05, 3.63) is 46.7 Å². The molecule has 0 saturated heterocycles. The Hall–Kier alpha value is -3.34. The van der Waals surface area contributed by atoms with E-state index in [9.17, 15) is 19.6 Å². The van der Waals surface area contributed by atoms with Crippen LogP contribution < -0.4 is 5.32 Å². The molecule has 1 aromatic carbocycles. The summed E-state index contributed by atoms with van der Waals surface area (Å²) >= 11 is 0. The van der Waals surface area contributed by atoms with Gasteiger partial charge in [-0.25, -0.2) is 19.3 Å². The Balaban J connectivity index is 2.60. The minimum atomic E-state index is -0.998. The topological polar surface area (TPSA) is 109 Å². The van der Waals surface area contributed by atoms with Crippen LogP contribution in [0.25, 0.3) is 0 Å². The highest BCUT2D eigenvalue weighted by Gasteiger charge is 2.39. The molecular formula is C17H17N3O5.